The van der Waals surface area contributed by atoms with Gasteiger partial charge in [0.1, 0.15) is 5.75 Å². The first kappa shape index (κ1) is 10.2. The highest BCUT2D eigenvalue weighted by Crippen LogP contribution is 2.48. The van der Waals surface area contributed by atoms with Crippen LogP contribution in [0.2, 0.25) is 0 Å². The summed E-state index contributed by atoms with van der Waals surface area (Å²) in [5, 5.41) is 3.41. The smallest absolute Gasteiger partial charge is 0.119 e. The van der Waals surface area contributed by atoms with Crippen molar-refractivity contribution >= 4 is 0 Å². The second-order valence-corrected chi connectivity index (χ2v) is 5.32. The molecule has 1 heterocycles. The molecule has 2 aliphatic rings. The van der Waals surface area contributed by atoms with Gasteiger partial charge < -0.3 is 10.1 Å². The normalized spacial score (nSPS) is 26.7. The van der Waals surface area contributed by atoms with Gasteiger partial charge in [-0.25, -0.2) is 0 Å². The zero-order valence-electron chi connectivity index (χ0n) is 9.83. The maximum atomic E-state index is 5.29. The molecular weight excluding hydrogens is 198 g/mol. The molecule has 1 saturated heterocycles. The summed E-state index contributed by atoms with van der Waals surface area (Å²) in [6, 6.07) is 8.59. The third kappa shape index (κ3) is 1.61. The predicted molar refractivity (Wildman–Crippen MR) is 64.9 cm³/mol. The molecule has 0 aromatic heterocycles. The zero-order valence-corrected chi connectivity index (χ0v) is 9.83. The van der Waals surface area contributed by atoms with Crippen molar-refractivity contribution in [3.8, 4) is 5.75 Å². The van der Waals surface area contributed by atoms with Gasteiger partial charge in [-0.05, 0) is 48.3 Å². The van der Waals surface area contributed by atoms with Crippen LogP contribution in [-0.2, 0) is 0 Å². The van der Waals surface area contributed by atoms with Gasteiger partial charge in [-0.15, -0.1) is 0 Å². The predicted octanol–water partition coefficient (Wildman–Crippen LogP) is 2.55. The Morgan fingerprint density at radius 2 is 2.25 bits per heavy atom. The molecule has 0 amide bonds. The van der Waals surface area contributed by atoms with Crippen molar-refractivity contribution in [1.82, 2.24) is 5.32 Å². The van der Waals surface area contributed by atoms with Gasteiger partial charge in [-0.2, -0.15) is 0 Å². The van der Waals surface area contributed by atoms with Gasteiger partial charge in [0.05, 0.1) is 7.11 Å². The fourth-order valence-corrected chi connectivity index (χ4v) is 3.19. The van der Waals surface area contributed by atoms with E-state index in [1.165, 1.54) is 37.9 Å². The van der Waals surface area contributed by atoms with E-state index in [0.717, 1.165) is 11.7 Å². The van der Waals surface area contributed by atoms with Crippen LogP contribution in [0.25, 0.3) is 0 Å². The van der Waals surface area contributed by atoms with Gasteiger partial charge in [0.2, 0.25) is 0 Å². The second kappa shape index (κ2) is 3.77. The van der Waals surface area contributed by atoms with Crippen LogP contribution in [0.5, 0.6) is 5.75 Å². The molecule has 1 aliphatic heterocycles. The molecule has 16 heavy (non-hydrogen) atoms. The van der Waals surface area contributed by atoms with Crippen molar-refractivity contribution in [3.05, 3.63) is 29.8 Å². The van der Waals surface area contributed by atoms with Crippen molar-refractivity contribution in [1.29, 1.82) is 0 Å². The minimum Gasteiger partial charge on any atom is -0.497 e. The Morgan fingerprint density at radius 3 is 2.88 bits per heavy atom. The van der Waals surface area contributed by atoms with Crippen molar-refractivity contribution in [3.63, 3.8) is 0 Å². The number of benzene rings is 1. The molecule has 0 bridgehead atoms. The van der Waals surface area contributed by atoms with E-state index in [9.17, 15) is 0 Å². The Labute approximate surface area is 97.0 Å². The summed E-state index contributed by atoms with van der Waals surface area (Å²) in [5.41, 5.74) is 2.09. The highest BCUT2D eigenvalue weighted by molar-refractivity contribution is 5.32. The third-order valence-corrected chi connectivity index (χ3v) is 4.27. The molecular formula is C14H19NO. The number of rotatable bonds is 2. The number of hydrogen-bond donors (Lipinski definition) is 1. The Morgan fingerprint density at radius 1 is 1.38 bits per heavy atom. The Kier molecular flexibility index (Phi) is 2.40. The second-order valence-electron chi connectivity index (χ2n) is 5.32. The first-order valence-corrected chi connectivity index (χ1v) is 6.16. The molecule has 1 spiro atoms. The summed E-state index contributed by atoms with van der Waals surface area (Å²) in [7, 11) is 1.74. The van der Waals surface area contributed by atoms with E-state index in [1.54, 1.807) is 7.11 Å². The Balaban J connectivity index is 1.77. The number of ether oxygens (including phenoxy) is 1. The first-order valence-electron chi connectivity index (χ1n) is 6.16. The van der Waals surface area contributed by atoms with Crippen LogP contribution < -0.4 is 10.1 Å². The number of methoxy groups -OCH3 is 1. The lowest BCUT2D eigenvalue weighted by atomic mass is 9.79. The summed E-state index contributed by atoms with van der Waals surface area (Å²) in [6.45, 7) is 2.46. The van der Waals surface area contributed by atoms with Crippen LogP contribution in [0.4, 0.5) is 0 Å². The molecule has 2 fully saturated rings. The van der Waals surface area contributed by atoms with Crippen LogP contribution in [0.15, 0.2) is 24.3 Å². The molecule has 1 aromatic carbocycles. The Hall–Kier alpha value is -1.02. The highest BCUT2D eigenvalue weighted by Gasteiger charge is 2.43. The largest absolute Gasteiger partial charge is 0.497 e. The summed E-state index contributed by atoms with van der Waals surface area (Å²) < 4.78 is 5.29. The van der Waals surface area contributed by atoms with Crippen LogP contribution in [0.3, 0.4) is 0 Å². The van der Waals surface area contributed by atoms with Crippen molar-refractivity contribution in [2.45, 2.75) is 25.2 Å². The third-order valence-electron chi connectivity index (χ3n) is 4.27. The molecule has 2 heteroatoms. The maximum absolute atomic E-state index is 5.29. The molecule has 1 aliphatic carbocycles. The molecule has 1 atom stereocenters. The highest BCUT2D eigenvalue weighted by atomic mass is 16.5. The van der Waals surface area contributed by atoms with Gasteiger partial charge in [0.25, 0.3) is 0 Å². The van der Waals surface area contributed by atoms with E-state index in [1.807, 2.05) is 6.07 Å². The summed E-state index contributed by atoms with van der Waals surface area (Å²) in [5.74, 6) is 1.74. The fraction of sp³-hybridized carbons (Fsp3) is 0.571. The van der Waals surface area contributed by atoms with E-state index < -0.39 is 0 Å². The van der Waals surface area contributed by atoms with Gasteiger partial charge in [-0.3, -0.25) is 0 Å². The van der Waals surface area contributed by atoms with Crippen LogP contribution >= 0.6 is 0 Å². The molecule has 1 N–H and O–H groups in total. The molecule has 1 unspecified atom stereocenters. The Bertz CT molecular complexity index is 384. The van der Waals surface area contributed by atoms with E-state index >= 15 is 0 Å². The molecule has 3 rings (SSSR count). The van der Waals surface area contributed by atoms with E-state index in [-0.39, 0.29) is 0 Å². The van der Waals surface area contributed by atoms with E-state index in [0.29, 0.717) is 5.41 Å². The van der Waals surface area contributed by atoms with E-state index in [2.05, 4.69) is 23.5 Å². The molecule has 0 radical (unpaired) electrons. The SMILES string of the molecule is COc1cccc(C2CCC3(CNC3)C2)c1. The molecule has 1 saturated carbocycles. The minimum atomic E-state index is 0.633. The average Bonchev–Trinajstić information content (AvgIpc) is 2.74. The van der Waals surface area contributed by atoms with Crippen LogP contribution in [0.1, 0.15) is 30.7 Å². The van der Waals surface area contributed by atoms with Crippen LogP contribution in [-0.4, -0.2) is 20.2 Å². The molecule has 2 nitrogen and oxygen atoms in total. The molecule has 86 valence electrons. The van der Waals surface area contributed by atoms with Crippen molar-refractivity contribution in [2.24, 2.45) is 5.41 Å². The van der Waals surface area contributed by atoms with E-state index in [4.69, 9.17) is 4.74 Å². The summed E-state index contributed by atoms with van der Waals surface area (Å²) in [4.78, 5) is 0. The number of nitrogens with one attached hydrogen (secondary N) is 1. The van der Waals surface area contributed by atoms with Gasteiger partial charge in [0, 0.05) is 13.1 Å². The average molecular weight is 217 g/mol. The lowest BCUT2D eigenvalue weighted by molar-refractivity contribution is 0.175. The monoisotopic (exact) mass is 217 g/mol. The van der Waals surface area contributed by atoms with Gasteiger partial charge in [0.15, 0.2) is 0 Å². The lowest BCUT2D eigenvalue weighted by Gasteiger charge is -2.39. The standard InChI is InChI=1S/C14H19NO/c1-16-13-4-2-3-11(7-13)12-5-6-14(8-12)9-15-10-14/h2-4,7,12,15H,5-6,8-10H2,1H3. The topological polar surface area (TPSA) is 21.3 Å². The summed E-state index contributed by atoms with van der Waals surface area (Å²) >= 11 is 0. The maximum Gasteiger partial charge on any atom is 0.119 e. The van der Waals surface area contributed by atoms with Gasteiger partial charge in [-0.1, -0.05) is 12.1 Å². The zero-order chi connectivity index (χ0) is 11.0. The van der Waals surface area contributed by atoms with Crippen molar-refractivity contribution in [2.75, 3.05) is 20.2 Å². The first-order chi connectivity index (χ1) is 7.81. The fourth-order valence-electron chi connectivity index (χ4n) is 3.19. The summed E-state index contributed by atoms with van der Waals surface area (Å²) in [6.07, 6.45) is 4.09. The van der Waals surface area contributed by atoms with Gasteiger partial charge >= 0.3 is 0 Å². The quantitative estimate of drug-likeness (QED) is 0.822. The molecule has 1 aromatic rings. The van der Waals surface area contributed by atoms with Crippen molar-refractivity contribution < 1.29 is 4.74 Å². The number of hydrogen-bond acceptors (Lipinski definition) is 2. The van der Waals surface area contributed by atoms with Crippen LogP contribution in [0, 0.1) is 5.41 Å². The minimum absolute atomic E-state index is 0.633. The lowest BCUT2D eigenvalue weighted by Crippen LogP contribution is -2.51.